The smallest absolute Gasteiger partial charge is 0.160 e. The summed E-state index contributed by atoms with van der Waals surface area (Å²) in [6.45, 7) is 2.02. The number of nitrogens with one attached hydrogen (secondary N) is 2. The average Bonchev–Trinajstić information content (AvgIpc) is 3.35. The van der Waals surface area contributed by atoms with E-state index in [9.17, 15) is 0 Å². The molecule has 0 aromatic carbocycles. The van der Waals surface area contributed by atoms with Gasteiger partial charge in [-0.2, -0.15) is 5.10 Å². The fraction of sp³-hybridized carbons (Fsp3) is 0.105. The molecule has 2 N–H and O–H groups in total. The quantitative estimate of drug-likeness (QED) is 0.524. The Morgan fingerprint density at radius 3 is 2.88 bits per heavy atom. The number of hydrogen-bond acceptors (Lipinski definition) is 4. The Hall–Kier alpha value is -3.61. The first-order valence-electron chi connectivity index (χ1n) is 8.35. The Balaban J connectivity index is 1.64. The molecule has 5 rings (SSSR count). The highest BCUT2D eigenvalue weighted by atomic mass is 15.3. The predicted molar refractivity (Wildman–Crippen MR) is 102 cm³/mol. The van der Waals surface area contributed by atoms with Crippen LogP contribution in [0.15, 0.2) is 55.2 Å². The van der Waals surface area contributed by atoms with Crippen LogP contribution in [0.1, 0.15) is 5.69 Å². The number of pyridine rings is 2. The highest BCUT2D eigenvalue weighted by Crippen LogP contribution is 2.28. The number of aromatic amines is 1. The summed E-state index contributed by atoms with van der Waals surface area (Å²) in [7, 11) is 1.93. The number of hydrogen-bond donors (Lipinski definition) is 2. The van der Waals surface area contributed by atoms with Gasteiger partial charge in [0.2, 0.25) is 0 Å². The molecule has 0 aliphatic heterocycles. The maximum absolute atomic E-state index is 4.52. The van der Waals surface area contributed by atoms with Gasteiger partial charge in [-0.1, -0.05) is 0 Å². The van der Waals surface area contributed by atoms with Crippen molar-refractivity contribution in [1.29, 1.82) is 0 Å². The second-order valence-corrected chi connectivity index (χ2v) is 6.35. The van der Waals surface area contributed by atoms with Gasteiger partial charge in [0, 0.05) is 60.9 Å². The van der Waals surface area contributed by atoms with Gasteiger partial charge in [-0.25, -0.2) is 4.98 Å². The molecular formula is C19H17N7. The van der Waals surface area contributed by atoms with Crippen molar-refractivity contribution in [2.75, 3.05) is 5.32 Å². The van der Waals surface area contributed by atoms with Gasteiger partial charge >= 0.3 is 0 Å². The van der Waals surface area contributed by atoms with Crippen LogP contribution in [-0.2, 0) is 7.05 Å². The van der Waals surface area contributed by atoms with E-state index in [0.29, 0.717) is 0 Å². The third kappa shape index (κ3) is 2.33. The minimum Gasteiger partial charge on any atom is -0.360 e. The van der Waals surface area contributed by atoms with Crippen LogP contribution < -0.4 is 5.32 Å². The number of fused-ring (bicyclic) bond motifs is 2. The maximum Gasteiger partial charge on any atom is 0.160 e. The molecule has 7 nitrogen and oxygen atoms in total. The highest BCUT2D eigenvalue weighted by Gasteiger charge is 2.10. The SMILES string of the molecule is Cc1cc(Nc2cc(-c3cnc4cc[nH]c4c3)cn3ccnc23)nn1C. The number of imidazole rings is 1. The average molecular weight is 343 g/mol. The van der Waals surface area contributed by atoms with Crippen LogP contribution in [0.5, 0.6) is 0 Å². The van der Waals surface area contributed by atoms with Gasteiger partial charge in [0.1, 0.15) is 0 Å². The molecule has 0 saturated heterocycles. The lowest BCUT2D eigenvalue weighted by molar-refractivity contribution is 0.743. The van der Waals surface area contributed by atoms with E-state index < -0.39 is 0 Å². The zero-order chi connectivity index (χ0) is 17.7. The van der Waals surface area contributed by atoms with Crippen molar-refractivity contribution in [2.45, 2.75) is 6.92 Å². The van der Waals surface area contributed by atoms with Crippen LogP contribution in [0.4, 0.5) is 11.5 Å². The molecule has 5 heterocycles. The van der Waals surface area contributed by atoms with Crippen LogP contribution in [0.2, 0.25) is 0 Å². The molecule has 0 spiro atoms. The molecular weight excluding hydrogens is 326 g/mol. The molecule has 0 bridgehead atoms. The zero-order valence-corrected chi connectivity index (χ0v) is 14.4. The molecule has 0 radical (unpaired) electrons. The number of H-pyrrole nitrogens is 1. The normalized spacial score (nSPS) is 11.5. The zero-order valence-electron chi connectivity index (χ0n) is 14.4. The van der Waals surface area contributed by atoms with Gasteiger partial charge in [-0.15, -0.1) is 0 Å². The summed E-state index contributed by atoms with van der Waals surface area (Å²) in [5.41, 5.74) is 6.90. The summed E-state index contributed by atoms with van der Waals surface area (Å²) in [5.74, 6) is 0.796. The molecule has 5 aromatic rings. The molecule has 0 atom stereocenters. The van der Waals surface area contributed by atoms with Gasteiger partial charge < -0.3 is 14.7 Å². The first-order chi connectivity index (χ1) is 12.7. The number of aromatic nitrogens is 6. The Kier molecular flexibility index (Phi) is 3.08. The Morgan fingerprint density at radius 1 is 1.12 bits per heavy atom. The summed E-state index contributed by atoms with van der Waals surface area (Å²) in [6, 6.07) is 8.17. The lowest BCUT2D eigenvalue weighted by Crippen LogP contribution is -1.98. The minimum atomic E-state index is 0.796. The number of aryl methyl sites for hydroxylation is 2. The van der Waals surface area contributed by atoms with E-state index in [1.807, 2.05) is 53.8 Å². The first kappa shape index (κ1) is 14.7. The molecule has 5 aromatic heterocycles. The van der Waals surface area contributed by atoms with Crippen LogP contribution in [0.3, 0.4) is 0 Å². The Bertz CT molecular complexity index is 1220. The fourth-order valence-corrected chi connectivity index (χ4v) is 3.13. The Labute approximate surface area is 149 Å². The van der Waals surface area contributed by atoms with E-state index in [1.54, 1.807) is 6.20 Å². The molecule has 26 heavy (non-hydrogen) atoms. The van der Waals surface area contributed by atoms with Gasteiger partial charge in [0.25, 0.3) is 0 Å². The molecule has 0 unspecified atom stereocenters. The van der Waals surface area contributed by atoms with Crippen LogP contribution in [-0.4, -0.2) is 29.1 Å². The van der Waals surface area contributed by atoms with Crippen molar-refractivity contribution in [1.82, 2.24) is 29.1 Å². The van der Waals surface area contributed by atoms with Crippen molar-refractivity contribution in [3.8, 4) is 11.1 Å². The second-order valence-electron chi connectivity index (χ2n) is 6.35. The number of rotatable bonds is 3. The van der Waals surface area contributed by atoms with Crippen molar-refractivity contribution in [2.24, 2.45) is 7.05 Å². The molecule has 128 valence electrons. The largest absolute Gasteiger partial charge is 0.360 e. The highest BCUT2D eigenvalue weighted by molar-refractivity contribution is 5.83. The topological polar surface area (TPSA) is 75.8 Å². The summed E-state index contributed by atoms with van der Waals surface area (Å²) >= 11 is 0. The molecule has 0 saturated carbocycles. The number of anilines is 2. The molecule has 0 amide bonds. The van der Waals surface area contributed by atoms with E-state index in [-0.39, 0.29) is 0 Å². The van der Waals surface area contributed by atoms with Crippen molar-refractivity contribution in [3.05, 3.63) is 60.9 Å². The first-order valence-corrected chi connectivity index (χ1v) is 8.35. The summed E-state index contributed by atoms with van der Waals surface area (Å²) in [4.78, 5) is 12.2. The fourth-order valence-electron chi connectivity index (χ4n) is 3.13. The van der Waals surface area contributed by atoms with Crippen molar-refractivity contribution >= 4 is 28.2 Å². The lowest BCUT2D eigenvalue weighted by Gasteiger charge is -2.09. The molecule has 0 aliphatic rings. The maximum atomic E-state index is 4.52. The van der Waals surface area contributed by atoms with Gasteiger partial charge in [-0.3, -0.25) is 9.67 Å². The Morgan fingerprint density at radius 2 is 2.04 bits per heavy atom. The minimum absolute atomic E-state index is 0.796. The standard InChI is InChI=1S/C19H17N7/c1-12-7-18(24-25(12)2)23-17-9-14(11-26-6-5-21-19(17)26)13-8-16-15(22-10-13)3-4-20-16/h3-11,20H,1-2H3,(H,23,24). The summed E-state index contributed by atoms with van der Waals surface area (Å²) < 4.78 is 3.85. The molecule has 0 fully saturated rings. The lowest BCUT2D eigenvalue weighted by atomic mass is 10.1. The third-order valence-electron chi connectivity index (χ3n) is 4.60. The monoisotopic (exact) mass is 343 g/mol. The summed E-state index contributed by atoms with van der Waals surface area (Å²) in [5, 5.41) is 7.88. The van der Waals surface area contributed by atoms with Gasteiger partial charge in [0.15, 0.2) is 11.5 Å². The number of nitrogens with zero attached hydrogens (tertiary/aromatic N) is 5. The van der Waals surface area contributed by atoms with E-state index >= 15 is 0 Å². The van der Waals surface area contributed by atoms with Crippen molar-refractivity contribution in [3.63, 3.8) is 0 Å². The van der Waals surface area contributed by atoms with Crippen LogP contribution >= 0.6 is 0 Å². The van der Waals surface area contributed by atoms with Crippen LogP contribution in [0, 0.1) is 6.92 Å². The van der Waals surface area contributed by atoms with E-state index in [2.05, 4.69) is 43.7 Å². The van der Waals surface area contributed by atoms with Gasteiger partial charge in [0.05, 0.1) is 16.7 Å². The van der Waals surface area contributed by atoms with Crippen LogP contribution in [0.25, 0.3) is 27.8 Å². The van der Waals surface area contributed by atoms with E-state index in [0.717, 1.165) is 45.0 Å². The summed E-state index contributed by atoms with van der Waals surface area (Å²) in [6.07, 6.45) is 9.58. The predicted octanol–water partition coefficient (Wildman–Crippen LogP) is 3.66. The van der Waals surface area contributed by atoms with Gasteiger partial charge in [-0.05, 0) is 25.1 Å². The molecule has 0 aliphatic carbocycles. The molecule has 7 heteroatoms. The third-order valence-corrected chi connectivity index (χ3v) is 4.60. The second kappa shape index (κ2) is 5.45. The van der Waals surface area contributed by atoms with E-state index in [1.165, 1.54) is 0 Å². The van der Waals surface area contributed by atoms with Crippen molar-refractivity contribution < 1.29 is 0 Å². The van der Waals surface area contributed by atoms with E-state index in [4.69, 9.17) is 0 Å².